The van der Waals surface area contributed by atoms with E-state index in [1.807, 2.05) is 0 Å². The molecule has 0 bridgehead atoms. The van der Waals surface area contributed by atoms with E-state index >= 15 is 0 Å². The van der Waals surface area contributed by atoms with Gasteiger partial charge in [-0.2, -0.15) is 0 Å². The van der Waals surface area contributed by atoms with Crippen LogP contribution >= 0.6 is 0 Å². The highest BCUT2D eigenvalue weighted by molar-refractivity contribution is 5.77. The Morgan fingerprint density at radius 1 is 1.38 bits per heavy atom. The molecule has 0 spiro atoms. The topological polar surface area (TPSA) is 49.3 Å². The van der Waals surface area contributed by atoms with Gasteiger partial charge in [-0.1, -0.05) is 25.0 Å². The van der Waals surface area contributed by atoms with Gasteiger partial charge in [0.15, 0.2) is 0 Å². The first kappa shape index (κ1) is 11.6. The van der Waals surface area contributed by atoms with Crippen molar-refractivity contribution in [3.8, 4) is 0 Å². The molecule has 3 heteroatoms. The lowest BCUT2D eigenvalue weighted by molar-refractivity contribution is -0.126. The fourth-order valence-electron chi connectivity index (χ4n) is 2.71. The van der Waals surface area contributed by atoms with E-state index in [1.165, 1.54) is 0 Å². The number of carbonyl (C=O) groups is 1. The first-order valence-corrected chi connectivity index (χ1v) is 6.35. The van der Waals surface area contributed by atoms with E-state index in [4.69, 9.17) is 0 Å². The smallest absolute Gasteiger partial charge is 0.223 e. The van der Waals surface area contributed by atoms with Gasteiger partial charge < -0.3 is 10.4 Å². The van der Waals surface area contributed by atoms with E-state index in [2.05, 4.69) is 17.5 Å². The average Bonchev–Trinajstić information content (AvgIpc) is 2.66. The van der Waals surface area contributed by atoms with Gasteiger partial charge in [0.1, 0.15) is 0 Å². The summed E-state index contributed by atoms with van der Waals surface area (Å²) >= 11 is 0. The van der Waals surface area contributed by atoms with E-state index < -0.39 is 5.60 Å². The SMILES string of the molecule is O=C(CC1(O)CCCC1)NC1CC=CCC1. The minimum atomic E-state index is -0.714. The van der Waals surface area contributed by atoms with Crippen LogP contribution in [0.15, 0.2) is 12.2 Å². The molecule has 0 heterocycles. The lowest BCUT2D eigenvalue weighted by Gasteiger charge is -2.24. The Labute approximate surface area is 96.9 Å². The summed E-state index contributed by atoms with van der Waals surface area (Å²) in [7, 11) is 0. The molecule has 2 aliphatic carbocycles. The van der Waals surface area contributed by atoms with Gasteiger partial charge in [-0.05, 0) is 32.1 Å². The van der Waals surface area contributed by atoms with Crippen molar-refractivity contribution >= 4 is 5.91 Å². The minimum absolute atomic E-state index is 0.0182. The molecule has 1 atom stereocenters. The van der Waals surface area contributed by atoms with Gasteiger partial charge in [-0.3, -0.25) is 4.79 Å². The van der Waals surface area contributed by atoms with E-state index in [1.54, 1.807) is 0 Å². The zero-order valence-corrected chi connectivity index (χ0v) is 9.74. The maximum absolute atomic E-state index is 11.8. The molecule has 2 aliphatic rings. The Balaban J connectivity index is 1.77. The Hall–Kier alpha value is -0.830. The molecule has 2 N–H and O–H groups in total. The third-order valence-corrected chi connectivity index (χ3v) is 3.66. The van der Waals surface area contributed by atoms with Crippen molar-refractivity contribution in [3.63, 3.8) is 0 Å². The fourth-order valence-corrected chi connectivity index (χ4v) is 2.71. The van der Waals surface area contributed by atoms with E-state index in [0.717, 1.165) is 44.9 Å². The Bertz CT molecular complexity index is 280. The minimum Gasteiger partial charge on any atom is -0.389 e. The normalized spacial score (nSPS) is 27.9. The lowest BCUT2D eigenvalue weighted by Crippen LogP contribution is -2.40. The number of hydrogen-bond donors (Lipinski definition) is 2. The first-order chi connectivity index (χ1) is 7.68. The standard InChI is InChI=1S/C13H21NO2/c15-12(10-13(16)8-4-5-9-13)14-11-6-2-1-3-7-11/h1-2,11,16H,3-10H2,(H,14,15). The number of aliphatic hydroxyl groups is 1. The highest BCUT2D eigenvalue weighted by Crippen LogP contribution is 2.32. The molecule has 0 radical (unpaired) electrons. The summed E-state index contributed by atoms with van der Waals surface area (Å²) < 4.78 is 0. The largest absolute Gasteiger partial charge is 0.389 e. The molecule has 1 saturated carbocycles. The zero-order chi connectivity index (χ0) is 11.4. The summed E-state index contributed by atoms with van der Waals surface area (Å²) in [4.78, 5) is 11.8. The molecule has 0 aromatic rings. The number of rotatable bonds is 3. The zero-order valence-electron chi connectivity index (χ0n) is 9.74. The van der Waals surface area contributed by atoms with Gasteiger partial charge in [0.2, 0.25) is 5.91 Å². The van der Waals surface area contributed by atoms with Gasteiger partial charge >= 0.3 is 0 Å². The second kappa shape index (κ2) is 5.00. The summed E-state index contributed by atoms with van der Waals surface area (Å²) in [5, 5.41) is 13.1. The van der Waals surface area contributed by atoms with Crippen LogP contribution in [0.4, 0.5) is 0 Å². The Morgan fingerprint density at radius 3 is 2.75 bits per heavy atom. The maximum Gasteiger partial charge on any atom is 0.223 e. The predicted octanol–water partition coefficient (Wildman–Crippen LogP) is 1.91. The van der Waals surface area contributed by atoms with Crippen molar-refractivity contribution in [2.75, 3.05) is 0 Å². The molecule has 90 valence electrons. The maximum atomic E-state index is 11.8. The van der Waals surface area contributed by atoms with Crippen LogP contribution in [0, 0.1) is 0 Å². The van der Waals surface area contributed by atoms with Gasteiger partial charge in [0.05, 0.1) is 12.0 Å². The molecule has 0 aromatic heterocycles. The second-order valence-electron chi connectivity index (χ2n) is 5.16. The third kappa shape index (κ3) is 3.08. The summed E-state index contributed by atoms with van der Waals surface area (Å²) in [6.45, 7) is 0. The molecule has 0 saturated heterocycles. The summed E-state index contributed by atoms with van der Waals surface area (Å²) in [5.41, 5.74) is -0.714. The lowest BCUT2D eigenvalue weighted by atomic mass is 9.96. The molecule has 1 fully saturated rings. The molecule has 1 amide bonds. The van der Waals surface area contributed by atoms with Gasteiger partial charge in [-0.15, -0.1) is 0 Å². The number of amides is 1. The summed E-state index contributed by atoms with van der Waals surface area (Å²) in [6, 6.07) is 0.280. The van der Waals surface area contributed by atoms with E-state index in [-0.39, 0.29) is 18.4 Å². The molecule has 0 aliphatic heterocycles. The van der Waals surface area contributed by atoms with Crippen LogP contribution in [0.25, 0.3) is 0 Å². The van der Waals surface area contributed by atoms with Gasteiger partial charge in [0, 0.05) is 6.04 Å². The molecule has 1 unspecified atom stereocenters. The monoisotopic (exact) mass is 223 g/mol. The molecule has 16 heavy (non-hydrogen) atoms. The van der Waals surface area contributed by atoms with Crippen LogP contribution in [-0.4, -0.2) is 22.7 Å². The van der Waals surface area contributed by atoms with Gasteiger partial charge in [-0.25, -0.2) is 0 Å². The van der Waals surface area contributed by atoms with Crippen LogP contribution in [0.5, 0.6) is 0 Å². The fraction of sp³-hybridized carbons (Fsp3) is 0.769. The van der Waals surface area contributed by atoms with Crippen LogP contribution < -0.4 is 5.32 Å². The molecule has 3 nitrogen and oxygen atoms in total. The predicted molar refractivity (Wildman–Crippen MR) is 63.0 cm³/mol. The van der Waals surface area contributed by atoms with Gasteiger partial charge in [0.25, 0.3) is 0 Å². The number of carbonyl (C=O) groups excluding carboxylic acids is 1. The molecular weight excluding hydrogens is 202 g/mol. The highest BCUT2D eigenvalue weighted by Gasteiger charge is 2.33. The first-order valence-electron chi connectivity index (χ1n) is 6.35. The number of hydrogen-bond acceptors (Lipinski definition) is 2. The number of allylic oxidation sites excluding steroid dienone is 1. The van der Waals surface area contributed by atoms with E-state index in [0.29, 0.717) is 0 Å². The van der Waals surface area contributed by atoms with Crippen LogP contribution in [0.2, 0.25) is 0 Å². The summed E-state index contributed by atoms with van der Waals surface area (Å²) in [5.74, 6) is 0.0182. The van der Waals surface area contributed by atoms with Crippen molar-refractivity contribution in [1.29, 1.82) is 0 Å². The quantitative estimate of drug-likeness (QED) is 0.718. The van der Waals surface area contributed by atoms with Crippen molar-refractivity contribution < 1.29 is 9.90 Å². The third-order valence-electron chi connectivity index (χ3n) is 3.66. The summed E-state index contributed by atoms with van der Waals surface area (Å²) in [6.07, 6.45) is 11.3. The van der Waals surface area contributed by atoms with Crippen molar-refractivity contribution in [2.45, 2.75) is 63.0 Å². The van der Waals surface area contributed by atoms with Crippen molar-refractivity contribution in [1.82, 2.24) is 5.32 Å². The molecule has 0 aromatic carbocycles. The average molecular weight is 223 g/mol. The Morgan fingerprint density at radius 2 is 2.12 bits per heavy atom. The highest BCUT2D eigenvalue weighted by atomic mass is 16.3. The molecular formula is C13H21NO2. The van der Waals surface area contributed by atoms with E-state index in [9.17, 15) is 9.90 Å². The van der Waals surface area contributed by atoms with Crippen molar-refractivity contribution in [3.05, 3.63) is 12.2 Å². The Kier molecular flexibility index (Phi) is 3.64. The van der Waals surface area contributed by atoms with Crippen LogP contribution in [0.3, 0.4) is 0 Å². The number of nitrogens with one attached hydrogen (secondary N) is 1. The van der Waals surface area contributed by atoms with Crippen LogP contribution in [-0.2, 0) is 4.79 Å². The van der Waals surface area contributed by atoms with Crippen molar-refractivity contribution in [2.24, 2.45) is 0 Å². The second-order valence-corrected chi connectivity index (χ2v) is 5.16. The molecule has 2 rings (SSSR count). The van der Waals surface area contributed by atoms with Crippen LogP contribution in [0.1, 0.15) is 51.4 Å².